The molecule has 1 aromatic carbocycles. The van der Waals surface area contributed by atoms with Gasteiger partial charge >= 0.3 is 0 Å². The molecule has 0 saturated heterocycles. The van der Waals surface area contributed by atoms with E-state index in [-0.39, 0.29) is 0 Å². The van der Waals surface area contributed by atoms with Crippen molar-refractivity contribution in [1.82, 2.24) is 10.3 Å². The highest BCUT2D eigenvalue weighted by atomic mass is 15.0. The van der Waals surface area contributed by atoms with E-state index in [2.05, 4.69) is 35.4 Å². The standard InChI is InChI=1S/C19H26N2/c1-13-10-11-17-16(12-13)15-8-5-9-18(19(15)21-17)20-14-6-3-2-4-7-14/h10-12,14,18,20-21H,2-9H2,1H3/t18-/m0/s1. The molecule has 2 nitrogen and oxygen atoms in total. The lowest BCUT2D eigenvalue weighted by molar-refractivity contribution is 0.318. The Hall–Kier alpha value is -1.28. The van der Waals surface area contributed by atoms with Crippen molar-refractivity contribution in [3.63, 3.8) is 0 Å². The molecule has 0 spiro atoms. The molecule has 2 N–H and O–H groups in total. The van der Waals surface area contributed by atoms with Crippen molar-refractivity contribution in [2.24, 2.45) is 0 Å². The van der Waals surface area contributed by atoms with Gasteiger partial charge in [-0.15, -0.1) is 0 Å². The molecule has 0 radical (unpaired) electrons. The first kappa shape index (κ1) is 13.4. The first-order chi connectivity index (χ1) is 10.3. The van der Waals surface area contributed by atoms with Gasteiger partial charge in [0.15, 0.2) is 0 Å². The minimum atomic E-state index is 0.546. The number of fused-ring (bicyclic) bond motifs is 3. The van der Waals surface area contributed by atoms with Crippen LogP contribution in [0.3, 0.4) is 0 Å². The quantitative estimate of drug-likeness (QED) is 0.815. The Balaban J connectivity index is 1.65. The molecule has 1 saturated carbocycles. The van der Waals surface area contributed by atoms with Crippen molar-refractivity contribution >= 4 is 10.9 Å². The van der Waals surface area contributed by atoms with Crippen molar-refractivity contribution in [2.45, 2.75) is 70.4 Å². The van der Waals surface area contributed by atoms with E-state index in [0.29, 0.717) is 6.04 Å². The highest BCUT2D eigenvalue weighted by Crippen LogP contribution is 2.36. The van der Waals surface area contributed by atoms with Crippen LogP contribution >= 0.6 is 0 Å². The monoisotopic (exact) mass is 282 g/mol. The third-order valence-corrected chi connectivity index (χ3v) is 5.40. The number of hydrogen-bond acceptors (Lipinski definition) is 1. The molecule has 4 rings (SSSR count). The molecule has 0 bridgehead atoms. The van der Waals surface area contributed by atoms with E-state index in [1.165, 1.54) is 73.5 Å². The maximum absolute atomic E-state index is 3.96. The fraction of sp³-hybridized carbons (Fsp3) is 0.579. The van der Waals surface area contributed by atoms with Gasteiger partial charge in [0.2, 0.25) is 0 Å². The average Bonchev–Trinajstić information content (AvgIpc) is 2.88. The maximum atomic E-state index is 3.96. The first-order valence-corrected chi connectivity index (χ1v) is 8.68. The van der Waals surface area contributed by atoms with Crippen LogP contribution in [0.25, 0.3) is 10.9 Å². The van der Waals surface area contributed by atoms with Gasteiger partial charge in [0.1, 0.15) is 0 Å². The lowest BCUT2D eigenvalue weighted by atomic mass is 9.89. The zero-order valence-corrected chi connectivity index (χ0v) is 13.0. The van der Waals surface area contributed by atoms with Crippen LogP contribution in [-0.4, -0.2) is 11.0 Å². The van der Waals surface area contributed by atoms with Crippen LogP contribution in [0.2, 0.25) is 0 Å². The SMILES string of the molecule is Cc1ccc2[nH]c3c(c2c1)CCC[C@@H]3NC1CCCCC1. The number of hydrogen-bond donors (Lipinski definition) is 2. The summed E-state index contributed by atoms with van der Waals surface area (Å²) in [5.74, 6) is 0. The number of aryl methyl sites for hydroxylation is 2. The first-order valence-electron chi connectivity index (χ1n) is 8.68. The number of H-pyrrole nitrogens is 1. The lowest BCUT2D eigenvalue weighted by Gasteiger charge is -2.31. The average molecular weight is 282 g/mol. The molecule has 2 aliphatic rings. The molecular formula is C19H26N2. The second kappa shape index (κ2) is 5.49. The van der Waals surface area contributed by atoms with Crippen molar-refractivity contribution in [1.29, 1.82) is 0 Å². The third kappa shape index (κ3) is 2.50. The molecule has 2 heteroatoms. The van der Waals surface area contributed by atoms with Crippen molar-refractivity contribution in [3.05, 3.63) is 35.0 Å². The van der Waals surface area contributed by atoms with Gasteiger partial charge in [0.25, 0.3) is 0 Å². The predicted molar refractivity (Wildman–Crippen MR) is 88.7 cm³/mol. The van der Waals surface area contributed by atoms with Gasteiger partial charge < -0.3 is 10.3 Å². The van der Waals surface area contributed by atoms with Gasteiger partial charge in [-0.3, -0.25) is 0 Å². The molecule has 0 unspecified atom stereocenters. The summed E-state index contributed by atoms with van der Waals surface area (Å²) in [4.78, 5) is 3.72. The number of aromatic nitrogens is 1. The molecule has 1 heterocycles. The Bertz CT molecular complexity index is 634. The summed E-state index contributed by atoms with van der Waals surface area (Å²) in [6, 6.07) is 8.11. The van der Waals surface area contributed by atoms with E-state index in [9.17, 15) is 0 Å². The zero-order valence-electron chi connectivity index (χ0n) is 13.0. The van der Waals surface area contributed by atoms with Gasteiger partial charge in [-0.05, 0) is 56.7 Å². The number of benzene rings is 1. The van der Waals surface area contributed by atoms with E-state index in [1.54, 1.807) is 5.56 Å². The third-order valence-electron chi connectivity index (χ3n) is 5.40. The van der Waals surface area contributed by atoms with Crippen LogP contribution < -0.4 is 5.32 Å². The highest BCUT2D eigenvalue weighted by molar-refractivity contribution is 5.85. The van der Waals surface area contributed by atoms with Gasteiger partial charge in [0.05, 0.1) is 0 Å². The molecule has 0 aliphatic heterocycles. The van der Waals surface area contributed by atoms with E-state index in [1.807, 2.05) is 0 Å². The van der Waals surface area contributed by atoms with E-state index < -0.39 is 0 Å². The van der Waals surface area contributed by atoms with Crippen molar-refractivity contribution in [2.75, 3.05) is 0 Å². The minimum absolute atomic E-state index is 0.546. The van der Waals surface area contributed by atoms with Crippen LogP contribution in [-0.2, 0) is 6.42 Å². The van der Waals surface area contributed by atoms with E-state index in [4.69, 9.17) is 0 Å². The van der Waals surface area contributed by atoms with Crippen LogP contribution in [0.5, 0.6) is 0 Å². The van der Waals surface area contributed by atoms with Crippen LogP contribution in [0.1, 0.15) is 67.8 Å². The topological polar surface area (TPSA) is 27.8 Å². The Morgan fingerprint density at radius 3 is 2.76 bits per heavy atom. The largest absolute Gasteiger partial charge is 0.357 e. The van der Waals surface area contributed by atoms with Gasteiger partial charge in [-0.2, -0.15) is 0 Å². The number of rotatable bonds is 2. The summed E-state index contributed by atoms with van der Waals surface area (Å²) in [7, 11) is 0. The second-order valence-electron chi connectivity index (χ2n) is 7.01. The number of nitrogens with one attached hydrogen (secondary N) is 2. The van der Waals surface area contributed by atoms with Gasteiger partial charge in [-0.25, -0.2) is 0 Å². The molecule has 0 amide bonds. The van der Waals surface area contributed by atoms with E-state index >= 15 is 0 Å². The van der Waals surface area contributed by atoms with Crippen LogP contribution in [0.15, 0.2) is 18.2 Å². The fourth-order valence-corrected chi connectivity index (χ4v) is 4.30. The lowest BCUT2D eigenvalue weighted by Crippen LogP contribution is -2.36. The van der Waals surface area contributed by atoms with E-state index in [0.717, 1.165) is 6.04 Å². The summed E-state index contributed by atoms with van der Waals surface area (Å²) < 4.78 is 0. The molecule has 2 aromatic rings. The summed E-state index contributed by atoms with van der Waals surface area (Å²) in [6.07, 6.45) is 10.8. The molecule has 112 valence electrons. The normalized spacial score (nSPS) is 23.4. The van der Waals surface area contributed by atoms with Gasteiger partial charge in [0, 0.05) is 28.7 Å². The Kier molecular flexibility index (Phi) is 3.50. The predicted octanol–water partition coefficient (Wildman–Crippen LogP) is 4.78. The molecule has 2 aliphatic carbocycles. The van der Waals surface area contributed by atoms with Gasteiger partial charge in [-0.1, -0.05) is 30.9 Å². The Labute approximate surface area is 127 Å². The highest BCUT2D eigenvalue weighted by Gasteiger charge is 2.26. The molecule has 1 atom stereocenters. The summed E-state index contributed by atoms with van der Waals surface area (Å²) >= 11 is 0. The number of aromatic amines is 1. The summed E-state index contributed by atoms with van der Waals surface area (Å²) in [5.41, 5.74) is 5.75. The summed E-state index contributed by atoms with van der Waals surface area (Å²) in [5, 5.41) is 5.42. The maximum Gasteiger partial charge on any atom is 0.0478 e. The Morgan fingerprint density at radius 1 is 1.05 bits per heavy atom. The minimum Gasteiger partial charge on any atom is -0.357 e. The molecule has 21 heavy (non-hydrogen) atoms. The van der Waals surface area contributed by atoms with Crippen molar-refractivity contribution < 1.29 is 0 Å². The Morgan fingerprint density at radius 2 is 1.90 bits per heavy atom. The molecule has 1 aromatic heterocycles. The zero-order chi connectivity index (χ0) is 14.2. The fourth-order valence-electron chi connectivity index (χ4n) is 4.30. The summed E-state index contributed by atoms with van der Waals surface area (Å²) in [6.45, 7) is 2.19. The smallest absolute Gasteiger partial charge is 0.0478 e. The van der Waals surface area contributed by atoms with Crippen LogP contribution in [0.4, 0.5) is 0 Å². The van der Waals surface area contributed by atoms with Crippen molar-refractivity contribution in [3.8, 4) is 0 Å². The molecule has 1 fully saturated rings. The van der Waals surface area contributed by atoms with Crippen LogP contribution in [0, 0.1) is 6.92 Å². The molecular weight excluding hydrogens is 256 g/mol. The second-order valence-corrected chi connectivity index (χ2v) is 7.01.